The Labute approximate surface area is 109 Å². The number of hydrogen-bond donors (Lipinski definition) is 0. The van der Waals surface area contributed by atoms with Crippen molar-refractivity contribution in [2.75, 3.05) is 7.11 Å². The molecule has 0 radical (unpaired) electrons. The maximum atomic E-state index is 12.7. The zero-order valence-electron chi connectivity index (χ0n) is 9.96. The molecule has 1 aromatic heterocycles. The zero-order valence-corrected chi connectivity index (χ0v) is 9.96. The molecule has 20 heavy (non-hydrogen) atoms. The van der Waals surface area contributed by atoms with E-state index in [1.54, 1.807) is 0 Å². The number of carbonyl (C=O) groups is 1. The highest BCUT2D eigenvalue weighted by atomic mass is 19.4. The summed E-state index contributed by atoms with van der Waals surface area (Å²) in [6.45, 7) is 0. The minimum absolute atomic E-state index is 0.154. The number of methoxy groups -OCH3 is 1. The lowest BCUT2D eigenvalue weighted by Crippen LogP contribution is -2.16. The summed E-state index contributed by atoms with van der Waals surface area (Å²) < 4.78 is 67.7. The zero-order chi connectivity index (χ0) is 15.5. The molecule has 0 aliphatic heterocycles. The van der Waals surface area contributed by atoms with E-state index in [2.05, 4.69) is 9.72 Å². The molecule has 0 saturated heterocycles. The summed E-state index contributed by atoms with van der Waals surface area (Å²) in [6.07, 6.45) is -8.90. The molecule has 0 spiro atoms. The Morgan fingerprint density at radius 3 is 2.50 bits per heavy atom. The number of alkyl halides is 5. The van der Waals surface area contributed by atoms with E-state index < -0.39 is 47.4 Å². The lowest BCUT2D eigenvalue weighted by Gasteiger charge is -2.14. The summed E-state index contributed by atoms with van der Waals surface area (Å²) in [7, 11) is 0.942. The summed E-state index contributed by atoms with van der Waals surface area (Å²) >= 11 is 0. The number of carbonyl (C=O) groups excluding carboxylic acids is 1. The second-order valence-electron chi connectivity index (χ2n) is 3.57. The Bertz CT molecular complexity index is 563. The standard InChI is InChI=1S/C11H7F5N2O2/c1-20-8(19)2-5-6(3-17)7(11(14,15)16)4-18-9(5)10(12)13/h4,10H,2H2,1H3. The van der Waals surface area contributed by atoms with Gasteiger partial charge < -0.3 is 4.74 Å². The maximum absolute atomic E-state index is 12.7. The van der Waals surface area contributed by atoms with Gasteiger partial charge in [-0.1, -0.05) is 0 Å². The first kappa shape index (κ1) is 15.8. The van der Waals surface area contributed by atoms with Crippen LogP contribution in [-0.4, -0.2) is 18.1 Å². The highest BCUT2D eigenvalue weighted by molar-refractivity contribution is 5.74. The van der Waals surface area contributed by atoms with Crippen LogP contribution in [0.25, 0.3) is 0 Å². The van der Waals surface area contributed by atoms with Crippen molar-refractivity contribution in [1.82, 2.24) is 4.98 Å². The summed E-state index contributed by atoms with van der Waals surface area (Å²) in [5.74, 6) is -1.05. The highest BCUT2D eigenvalue weighted by Gasteiger charge is 2.37. The van der Waals surface area contributed by atoms with E-state index in [0.717, 1.165) is 7.11 Å². The van der Waals surface area contributed by atoms with Gasteiger partial charge >= 0.3 is 12.1 Å². The van der Waals surface area contributed by atoms with Gasteiger partial charge in [0.2, 0.25) is 0 Å². The van der Waals surface area contributed by atoms with Crippen LogP contribution in [0.3, 0.4) is 0 Å². The third kappa shape index (κ3) is 3.20. The van der Waals surface area contributed by atoms with Gasteiger partial charge in [-0.15, -0.1) is 0 Å². The van der Waals surface area contributed by atoms with Crippen molar-refractivity contribution < 1.29 is 31.5 Å². The molecule has 0 N–H and O–H groups in total. The fraction of sp³-hybridized carbons (Fsp3) is 0.364. The van der Waals surface area contributed by atoms with Crippen molar-refractivity contribution in [2.24, 2.45) is 0 Å². The average molecular weight is 294 g/mol. The molecule has 1 rings (SSSR count). The van der Waals surface area contributed by atoms with Crippen LogP contribution in [-0.2, 0) is 22.1 Å². The average Bonchev–Trinajstić information content (AvgIpc) is 2.36. The Hall–Kier alpha value is -2.24. The molecule has 0 saturated carbocycles. The second-order valence-corrected chi connectivity index (χ2v) is 3.57. The topological polar surface area (TPSA) is 63.0 Å². The molecule has 1 heterocycles. The van der Waals surface area contributed by atoms with Crippen LogP contribution in [0.15, 0.2) is 6.20 Å². The maximum Gasteiger partial charge on any atom is 0.419 e. The Morgan fingerprint density at radius 2 is 2.10 bits per heavy atom. The highest BCUT2D eigenvalue weighted by Crippen LogP contribution is 2.35. The van der Waals surface area contributed by atoms with Gasteiger partial charge in [0.25, 0.3) is 6.43 Å². The molecule has 0 atom stereocenters. The van der Waals surface area contributed by atoms with Crippen LogP contribution in [0.4, 0.5) is 22.0 Å². The summed E-state index contributed by atoms with van der Waals surface area (Å²) in [5.41, 5.74) is -4.33. The summed E-state index contributed by atoms with van der Waals surface area (Å²) in [4.78, 5) is 14.1. The Balaban J connectivity index is 3.56. The number of rotatable bonds is 3. The van der Waals surface area contributed by atoms with Gasteiger partial charge in [-0.05, 0) is 0 Å². The molecule has 0 unspecified atom stereocenters. The van der Waals surface area contributed by atoms with Gasteiger partial charge in [0.15, 0.2) is 0 Å². The van der Waals surface area contributed by atoms with Crippen molar-refractivity contribution in [3.05, 3.63) is 28.6 Å². The van der Waals surface area contributed by atoms with E-state index >= 15 is 0 Å². The number of esters is 1. The van der Waals surface area contributed by atoms with Crippen molar-refractivity contribution in [3.8, 4) is 6.07 Å². The predicted molar refractivity (Wildman–Crippen MR) is 54.6 cm³/mol. The van der Waals surface area contributed by atoms with Crippen molar-refractivity contribution in [2.45, 2.75) is 19.0 Å². The van der Waals surface area contributed by atoms with Gasteiger partial charge in [0.05, 0.1) is 24.7 Å². The second kappa shape index (κ2) is 5.81. The molecule has 0 bridgehead atoms. The summed E-state index contributed by atoms with van der Waals surface area (Å²) in [5, 5.41) is 8.78. The van der Waals surface area contributed by atoms with Crippen molar-refractivity contribution in [1.29, 1.82) is 5.26 Å². The van der Waals surface area contributed by atoms with E-state index in [4.69, 9.17) is 5.26 Å². The number of aromatic nitrogens is 1. The summed E-state index contributed by atoms with van der Waals surface area (Å²) in [6, 6.07) is 1.19. The van der Waals surface area contributed by atoms with E-state index in [-0.39, 0.29) is 6.20 Å². The third-order valence-electron chi connectivity index (χ3n) is 2.39. The lowest BCUT2D eigenvalue weighted by molar-refractivity contribution is -0.141. The van der Waals surface area contributed by atoms with Crippen molar-refractivity contribution >= 4 is 5.97 Å². The van der Waals surface area contributed by atoms with E-state index in [1.807, 2.05) is 0 Å². The van der Waals surface area contributed by atoms with Crippen LogP contribution < -0.4 is 0 Å². The molecular weight excluding hydrogens is 287 g/mol. The van der Waals surface area contributed by atoms with Crippen LogP contribution in [0.5, 0.6) is 0 Å². The number of hydrogen-bond acceptors (Lipinski definition) is 4. The first-order valence-electron chi connectivity index (χ1n) is 5.06. The number of nitrogens with zero attached hydrogens (tertiary/aromatic N) is 2. The van der Waals surface area contributed by atoms with Gasteiger partial charge in [-0.3, -0.25) is 9.78 Å². The molecular formula is C11H7F5N2O2. The molecule has 1 aromatic rings. The predicted octanol–water partition coefficient (Wildman–Crippen LogP) is 2.63. The molecule has 0 fully saturated rings. The van der Waals surface area contributed by atoms with Gasteiger partial charge in [0.1, 0.15) is 11.8 Å². The van der Waals surface area contributed by atoms with Crippen molar-refractivity contribution in [3.63, 3.8) is 0 Å². The smallest absolute Gasteiger partial charge is 0.419 e. The molecule has 4 nitrogen and oxygen atoms in total. The van der Waals surface area contributed by atoms with Crippen LogP contribution in [0.1, 0.15) is 28.8 Å². The normalized spacial score (nSPS) is 11.3. The van der Waals surface area contributed by atoms with Gasteiger partial charge in [-0.2, -0.15) is 18.4 Å². The minimum Gasteiger partial charge on any atom is -0.469 e. The van der Waals surface area contributed by atoms with Crippen LogP contribution in [0.2, 0.25) is 0 Å². The third-order valence-corrected chi connectivity index (χ3v) is 2.39. The fourth-order valence-electron chi connectivity index (χ4n) is 1.49. The van der Waals surface area contributed by atoms with Gasteiger partial charge in [0, 0.05) is 11.8 Å². The fourth-order valence-corrected chi connectivity index (χ4v) is 1.49. The molecule has 0 amide bonds. The minimum atomic E-state index is -4.94. The SMILES string of the molecule is COC(=O)Cc1c(C(F)F)ncc(C(F)(F)F)c1C#N. The Morgan fingerprint density at radius 1 is 1.50 bits per heavy atom. The monoisotopic (exact) mass is 294 g/mol. The molecule has 0 aliphatic carbocycles. The van der Waals surface area contributed by atoms with E-state index in [9.17, 15) is 26.7 Å². The molecule has 0 aliphatic rings. The Kier molecular flexibility index (Phi) is 4.60. The molecule has 108 valence electrons. The number of ether oxygens (including phenoxy) is 1. The molecule has 9 heteroatoms. The molecule has 0 aromatic carbocycles. The number of halogens is 5. The van der Waals surface area contributed by atoms with Gasteiger partial charge in [-0.25, -0.2) is 8.78 Å². The number of nitriles is 1. The van der Waals surface area contributed by atoms with Crippen LogP contribution >= 0.6 is 0 Å². The van der Waals surface area contributed by atoms with E-state index in [0.29, 0.717) is 0 Å². The van der Waals surface area contributed by atoms with Crippen LogP contribution in [0, 0.1) is 11.3 Å². The largest absolute Gasteiger partial charge is 0.469 e. The lowest BCUT2D eigenvalue weighted by atomic mass is 9.99. The first-order chi connectivity index (χ1) is 9.22. The van der Waals surface area contributed by atoms with E-state index in [1.165, 1.54) is 6.07 Å². The number of pyridine rings is 1. The first-order valence-corrected chi connectivity index (χ1v) is 5.06. The quantitative estimate of drug-likeness (QED) is 0.635.